The van der Waals surface area contributed by atoms with E-state index in [1.54, 1.807) is 12.1 Å². The van der Waals surface area contributed by atoms with Crippen LogP contribution in [-0.2, 0) is 0 Å². The van der Waals surface area contributed by atoms with E-state index in [1.165, 1.54) is 0 Å². The quantitative estimate of drug-likeness (QED) is 0.894. The minimum absolute atomic E-state index is 0.276. The molecule has 0 aromatic heterocycles. The Bertz CT molecular complexity index is 443. The third kappa shape index (κ3) is 2.21. The van der Waals surface area contributed by atoms with Crippen molar-refractivity contribution < 1.29 is 9.90 Å². The maximum Gasteiger partial charge on any atom is 0.337 e. The summed E-state index contributed by atoms with van der Waals surface area (Å²) in [6.07, 6.45) is 1.08. The van der Waals surface area contributed by atoms with Crippen molar-refractivity contribution in [3.8, 4) is 0 Å². The maximum absolute atomic E-state index is 11.0. The van der Waals surface area contributed by atoms with Gasteiger partial charge in [0.1, 0.15) is 0 Å². The summed E-state index contributed by atoms with van der Waals surface area (Å²) in [7, 11) is 0. The first-order valence-electron chi connectivity index (χ1n) is 5.19. The zero-order valence-corrected chi connectivity index (χ0v) is 10.8. The van der Waals surface area contributed by atoms with Crippen LogP contribution in [0.1, 0.15) is 30.6 Å². The molecule has 1 aromatic rings. The average molecular weight is 284 g/mol. The number of halogens is 1. The lowest BCUT2D eigenvalue weighted by atomic mass is 10.1. The number of aromatic carboxylic acids is 1. The van der Waals surface area contributed by atoms with Gasteiger partial charge in [0.2, 0.25) is 0 Å². The molecule has 2 N–H and O–H groups in total. The van der Waals surface area contributed by atoms with Gasteiger partial charge in [-0.3, -0.25) is 0 Å². The molecule has 1 aromatic carbocycles. The zero-order valence-electron chi connectivity index (χ0n) is 9.25. The molecule has 0 aliphatic heterocycles. The molecule has 4 heteroatoms. The van der Waals surface area contributed by atoms with Gasteiger partial charge >= 0.3 is 5.97 Å². The Balaban J connectivity index is 2.25. The predicted octanol–water partition coefficient (Wildman–Crippen LogP) is 3.36. The standard InChI is InChI=1S/C12H14BrNO2/c1-12(2)6-10(12)14-9-5-7(13)3-4-8(9)11(15)16/h3-5,10,14H,6H2,1-2H3,(H,15,16). The van der Waals surface area contributed by atoms with Crippen LogP contribution in [-0.4, -0.2) is 17.1 Å². The van der Waals surface area contributed by atoms with Gasteiger partial charge in [-0.1, -0.05) is 29.8 Å². The second kappa shape index (κ2) is 3.77. The van der Waals surface area contributed by atoms with Crippen molar-refractivity contribution in [2.45, 2.75) is 26.3 Å². The third-order valence-electron chi connectivity index (χ3n) is 3.06. The number of hydrogen-bond donors (Lipinski definition) is 2. The zero-order chi connectivity index (χ0) is 11.9. The van der Waals surface area contributed by atoms with Crippen LogP contribution >= 0.6 is 15.9 Å². The number of benzene rings is 1. The largest absolute Gasteiger partial charge is 0.478 e. The van der Waals surface area contributed by atoms with Gasteiger partial charge in [0.05, 0.1) is 11.3 Å². The van der Waals surface area contributed by atoms with Gasteiger partial charge in [-0.25, -0.2) is 4.79 Å². The van der Waals surface area contributed by atoms with E-state index in [9.17, 15) is 4.79 Å². The molecular weight excluding hydrogens is 270 g/mol. The summed E-state index contributed by atoms with van der Waals surface area (Å²) in [5, 5.41) is 12.4. The molecule has 0 bridgehead atoms. The molecule has 1 atom stereocenters. The lowest BCUT2D eigenvalue weighted by Crippen LogP contribution is -2.12. The number of carboxylic acids is 1. The van der Waals surface area contributed by atoms with Gasteiger partial charge in [0.15, 0.2) is 0 Å². The number of nitrogens with one attached hydrogen (secondary N) is 1. The number of hydrogen-bond acceptors (Lipinski definition) is 2. The van der Waals surface area contributed by atoms with Crippen molar-refractivity contribution >= 4 is 27.6 Å². The van der Waals surface area contributed by atoms with E-state index in [0.717, 1.165) is 10.9 Å². The number of carboxylic acid groups (broad SMARTS) is 1. The van der Waals surface area contributed by atoms with Crippen molar-refractivity contribution in [3.63, 3.8) is 0 Å². The molecule has 1 aliphatic rings. The molecule has 16 heavy (non-hydrogen) atoms. The van der Waals surface area contributed by atoms with Crippen LogP contribution in [0.2, 0.25) is 0 Å². The molecule has 86 valence electrons. The molecule has 1 unspecified atom stereocenters. The molecular formula is C12H14BrNO2. The summed E-state index contributed by atoms with van der Waals surface area (Å²) >= 11 is 3.35. The SMILES string of the molecule is CC1(C)CC1Nc1cc(Br)ccc1C(=O)O. The first-order chi connectivity index (χ1) is 7.40. The first kappa shape index (κ1) is 11.5. The van der Waals surface area contributed by atoms with Crippen molar-refractivity contribution in [2.24, 2.45) is 5.41 Å². The van der Waals surface area contributed by atoms with Gasteiger partial charge in [0, 0.05) is 10.5 Å². The Morgan fingerprint density at radius 1 is 1.56 bits per heavy atom. The van der Waals surface area contributed by atoms with Crippen LogP contribution in [0, 0.1) is 5.41 Å². The summed E-state index contributed by atoms with van der Waals surface area (Å²) in [5.41, 5.74) is 1.29. The molecule has 0 amide bonds. The molecule has 2 rings (SSSR count). The van der Waals surface area contributed by atoms with E-state index in [2.05, 4.69) is 35.1 Å². The van der Waals surface area contributed by atoms with E-state index >= 15 is 0 Å². The topological polar surface area (TPSA) is 49.3 Å². The molecule has 0 radical (unpaired) electrons. The molecule has 0 spiro atoms. The second-order valence-corrected chi connectivity index (χ2v) is 5.80. The van der Waals surface area contributed by atoms with E-state index < -0.39 is 5.97 Å². The normalized spacial score (nSPS) is 21.6. The summed E-state index contributed by atoms with van der Waals surface area (Å²) in [5.74, 6) is -0.895. The maximum atomic E-state index is 11.0. The summed E-state index contributed by atoms with van der Waals surface area (Å²) < 4.78 is 0.887. The predicted molar refractivity (Wildman–Crippen MR) is 66.9 cm³/mol. The van der Waals surface area contributed by atoms with Gasteiger partial charge < -0.3 is 10.4 Å². The molecule has 1 fully saturated rings. The Morgan fingerprint density at radius 2 is 2.19 bits per heavy atom. The first-order valence-corrected chi connectivity index (χ1v) is 5.99. The fourth-order valence-electron chi connectivity index (χ4n) is 1.72. The van der Waals surface area contributed by atoms with E-state index in [-0.39, 0.29) is 5.41 Å². The Kier molecular flexibility index (Phi) is 2.70. The average Bonchev–Trinajstić information content (AvgIpc) is 2.72. The van der Waals surface area contributed by atoms with Crippen molar-refractivity contribution in [1.29, 1.82) is 0 Å². The summed E-state index contributed by atoms with van der Waals surface area (Å²) in [6, 6.07) is 5.55. The fourth-order valence-corrected chi connectivity index (χ4v) is 2.08. The highest BCUT2D eigenvalue weighted by Crippen LogP contribution is 2.47. The van der Waals surface area contributed by atoms with Gasteiger partial charge in [-0.05, 0) is 30.0 Å². The van der Waals surface area contributed by atoms with Gasteiger partial charge in [-0.2, -0.15) is 0 Å². The fraction of sp³-hybridized carbons (Fsp3) is 0.417. The highest BCUT2D eigenvalue weighted by atomic mass is 79.9. The van der Waals surface area contributed by atoms with Crippen LogP contribution in [0.5, 0.6) is 0 Å². The third-order valence-corrected chi connectivity index (χ3v) is 3.55. The summed E-state index contributed by atoms with van der Waals surface area (Å²) in [4.78, 5) is 11.0. The highest BCUT2D eigenvalue weighted by molar-refractivity contribution is 9.10. The van der Waals surface area contributed by atoms with Gasteiger partial charge in [0.25, 0.3) is 0 Å². The van der Waals surface area contributed by atoms with Crippen LogP contribution in [0.25, 0.3) is 0 Å². The smallest absolute Gasteiger partial charge is 0.337 e. The highest BCUT2D eigenvalue weighted by Gasteiger charge is 2.45. The number of carbonyl (C=O) groups is 1. The lowest BCUT2D eigenvalue weighted by molar-refractivity contribution is 0.0698. The molecule has 0 saturated heterocycles. The second-order valence-electron chi connectivity index (χ2n) is 4.88. The van der Waals surface area contributed by atoms with Crippen LogP contribution < -0.4 is 5.32 Å². The van der Waals surface area contributed by atoms with Crippen LogP contribution in [0.4, 0.5) is 5.69 Å². The molecule has 1 aliphatic carbocycles. The summed E-state index contributed by atoms with van der Waals surface area (Å²) in [6.45, 7) is 4.34. The minimum atomic E-state index is -0.895. The van der Waals surface area contributed by atoms with Crippen molar-refractivity contribution in [2.75, 3.05) is 5.32 Å². The van der Waals surface area contributed by atoms with Crippen LogP contribution in [0.15, 0.2) is 22.7 Å². The monoisotopic (exact) mass is 283 g/mol. The van der Waals surface area contributed by atoms with Crippen LogP contribution in [0.3, 0.4) is 0 Å². The van der Waals surface area contributed by atoms with Gasteiger partial charge in [-0.15, -0.1) is 0 Å². The number of anilines is 1. The van der Waals surface area contributed by atoms with E-state index in [1.807, 2.05) is 6.07 Å². The lowest BCUT2D eigenvalue weighted by Gasteiger charge is -2.11. The van der Waals surface area contributed by atoms with Crippen molar-refractivity contribution in [1.82, 2.24) is 0 Å². The minimum Gasteiger partial charge on any atom is -0.478 e. The number of rotatable bonds is 3. The molecule has 1 saturated carbocycles. The Morgan fingerprint density at radius 3 is 2.69 bits per heavy atom. The van der Waals surface area contributed by atoms with Crippen molar-refractivity contribution in [3.05, 3.63) is 28.2 Å². The Labute approximate surface area is 103 Å². The molecule has 0 heterocycles. The van der Waals surface area contributed by atoms with E-state index in [0.29, 0.717) is 17.3 Å². The molecule has 3 nitrogen and oxygen atoms in total. The Hall–Kier alpha value is -1.03. The van der Waals surface area contributed by atoms with E-state index in [4.69, 9.17) is 5.11 Å².